The quantitative estimate of drug-likeness (QED) is 0.861. The second kappa shape index (κ2) is 4.17. The van der Waals surface area contributed by atoms with Crippen molar-refractivity contribution in [1.82, 2.24) is 4.74 Å². The summed E-state index contributed by atoms with van der Waals surface area (Å²) < 4.78 is 5.89. The molecule has 0 saturated carbocycles. The number of aryl methyl sites for hydroxylation is 1. The molecule has 5 nitrogen and oxygen atoms in total. The van der Waals surface area contributed by atoms with E-state index in [1.807, 2.05) is 0 Å². The van der Waals surface area contributed by atoms with Crippen LogP contribution in [0.1, 0.15) is 25.5 Å². The third kappa shape index (κ3) is 1.71. The van der Waals surface area contributed by atoms with Crippen molar-refractivity contribution in [3.63, 3.8) is 0 Å². The fraction of sp³-hybridized carbons (Fsp3) is 0.333. The van der Waals surface area contributed by atoms with Crippen molar-refractivity contribution in [3.8, 4) is 5.75 Å². The van der Waals surface area contributed by atoms with Crippen molar-refractivity contribution < 1.29 is 9.63 Å². The van der Waals surface area contributed by atoms with Crippen LogP contribution < -0.4 is 11.2 Å². The first kappa shape index (κ1) is 12.7. The number of phenols is 1. The van der Waals surface area contributed by atoms with E-state index in [2.05, 4.69) is 0 Å². The van der Waals surface area contributed by atoms with E-state index in [1.165, 1.54) is 6.07 Å². The van der Waals surface area contributed by atoms with Crippen LogP contribution in [0.15, 0.2) is 20.2 Å². The maximum atomic E-state index is 12.1. The Balaban J connectivity index is 3.10. The first-order valence-corrected chi connectivity index (χ1v) is 5.80. The van der Waals surface area contributed by atoms with Gasteiger partial charge in [-0.25, -0.2) is 4.79 Å². The second-order valence-corrected chi connectivity index (χ2v) is 4.76. The number of hydrogen-bond donors (Lipinski definition) is 1. The maximum Gasteiger partial charge on any atom is 0.364 e. The highest BCUT2D eigenvalue weighted by Crippen LogP contribution is 2.32. The molecule has 0 fully saturated rings. The SMILES string of the molecule is Cc1cc2c(=O)on(C(C)C)c(=O)c2c(Cl)c1O. The molecule has 6 heteroatoms. The lowest BCUT2D eigenvalue weighted by molar-refractivity contribution is 0.201. The molecule has 2 aromatic rings. The number of phenolic OH excluding ortho intramolecular Hbond substituents is 1. The lowest BCUT2D eigenvalue weighted by atomic mass is 10.1. The maximum absolute atomic E-state index is 12.1. The van der Waals surface area contributed by atoms with Crippen LogP contribution in [0.25, 0.3) is 10.8 Å². The average Bonchev–Trinajstić information content (AvgIpc) is 2.30. The Morgan fingerprint density at radius 3 is 2.56 bits per heavy atom. The molecule has 0 bridgehead atoms. The van der Waals surface area contributed by atoms with Crippen LogP contribution >= 0.6 is 11.6 Å². The Bertz CT molecular complexity index is 742. The summed E-state index contributed by atoms with van der Waals surface area (Å²) in [6.45, 7) is 5.00. The van der Waals surface area contributed by atoms with Crippen LogP contribution in [-0.2, 0) is 0 Å². The topological polar surface area (TPSA) is 72.4 Å². The molecule has 0 saturated heterocycles. The lowest BCUT2D eigenvalue weighted by Crippen LogP contribution is -2.26. The molecule has 0 radical (unpaired) electrons. The summed E-state index contributed by atoms with van der Waals surface area (Å²) in [6.07, 6.45) is 0. The number of fused-ring (bicyclic) bond motifs is 1. The van der Waals surface area contributed by atoms with Gasteiger partial charge in [-0.3, -0.25) is 4.79 Å². The Morgan fingerprint density at radius 1 is 1.39 bits per heavy atom. The monoisotopic (exact) mass is 269 g/mol. The molecule has 0 aliphatic carbocycles. The van der Waals surface area contributed by atoms with Gasteiger partial charge >= 0.3 is 5.63 Å². The number of halogens is 1. The Morgan fingerprint density at radius 2 is 2.00 bits per heavy atom. The lowest BCUT2D eigenvalue weighted by Gasteiger charge is -2.10. The number of hydrogen-bond acceptors (Lipinski definition) is 4. The number of benzene rings is 1. The Hall–Kier alpha value is -1.75. The van der Waals surface area contributed by atoms with Crippen molar-refractivity contribution in [3.05, 3.63) is 37.4 Å². The third-order valence-corrected chi connectivity index (χ3v) is 3.08. The fourth-order valence-electron chi connectivity index (χ4n) is 1.77. The summed E-state index contributed by atoms with van der Waals surface area (Å²) in [6, 6.07) is 1.09. The van der Waals surface area contributed by atoms with Crippen molar-refractivity contribution in [1.29, 1.82) is 0 Å². The van der Waals surface area contributed by atoms with Crippen LogP contribution in [0.2, 0.25) is 5.02 Å². The van der Waals surface area contributed by atoms with E-state index in [1.54, 1.807) is 20.8 Å². The minimum atomic E-state index is -0.650. The summed E-state index contributed by atoms with van der Waals surface area (Å²) in [5.74, 6) is -0.192. The summed E-state index contributed by atoms with van der Waals surface area (Å²) in [5, 5.41) is 9.69. The van der Waals surface area contributed by atoms with Crippen LogP contribution in [0.4, 0.5) is 0 Å². The van der Waals surface area contributed by atoms with E-state index in [0.717, 1.165) is 4.74 Å². The normalized spacial score (nSPS) is 11.4. The predicted molar refractivity (Wildman–Crippen MR) is 68.5 cm³/mol. The van der Waals surface area contributed by atoms with Gasteiger partial charge in [0.25, 0.3) is 5.56 Å². The molecule has 2 rings (SSSR count). The van der Waals surface area contributed by atoms with Gasteiger partial charge in [0.15, 0.2) is 0 Å². The van der Waals surface area contributed by atoms with Gasteiger partial charge < -0.3 is 9.63 Å². The number of nitrogens with zero attached hydrogens (tertiary/aromatic N) is 1. The molecular formula is C12H12ClNO4. The van der Waals surface area contributed by atoms with Crippen molar-refractivity contribution in [2.75, 3.05) is 0 Å². The van der Waals surface area contributed by atoms with E-state index < -0.39 is 11.2 Å². The highest BCUT2D eigenvalue weighted by atomic mass is 35.5. The molecule has 0 aliphatic heterocycles. The first-order chi connectivity index (χ1) is 8.34. The van der Waals surface area contributed by atoms with Crippen molar-refractivity contribution in [2.24, 2.45) is 0 Å². The zero-order chi connectivity index (χ0) is 13.6. The molecule has 0 unspecified atom stereocenters. The van der Waals surface area contributed by atoms with Crippen LogP contribution in [0, 0.1) is 6.92 Å². The molecule has 96 valence electrons. The summed E-state index contributed by atoms with van der Waals surface area (Å²) in [4.78, 5) is 23.9. The van der Waals surface area contributed by atoms with Crippen LogP contribution in [0.5, 0.6) is 5.75 Å². The standard InChI is InChI=1S/C12H12ClNO4/c1-5(2)14-11(16)8-7(12(17)18-14)4-6(3)10(15)9(8)13/h4-5,15H,1-3H3. The molecule has 18 heavy (non-hydrogen) atoms. The second-order valence-electron chi connectivity index (χ2n) is 4.38. The summed E-state index contributed by atoms with van der Waals surface area (Å²) in [7, 11) is 0. The number of aromatic hydroxyl groups is 1. The smallest absolute Gasteiger partial charge is 0.364 e. The predicted octanol–water partition coefficient (Wildman–Crippen LogP) is 2.20. The molecule has 1 N–H and O–H groups in total. The Kier molecular flexibility index (Phi) is 2.94. The van der Waals surface area contributed by atoms with E-state index in [9.17, 15) is 14.7 Å². The van der Waals surface area contributed by atoms with Gasteiger partial charge in [-0.1, -0.05) is 11.6 Å². The highest BCUT2D eigenvalue weighted by Gasteiger charge is 2.18. The van der Waals surface area contributed by atoms with E-state index in [4.69, 9.17) is 16.1 Å². The molecule has 1 aromatic carbocycles. The largest absolute Gasteiger partial charge is 0.506 e. The van der Waals surface area contributed by atoms with Gasteiger partial charge in [0.1, 0.15) is 5.75 Å². The zero-order valence-electron chi connectivity index (χ0n) is 10.2. The summed E-state index contributed by atoms with van der Waals surface area (Å²) >= 11 is 5.94. The van der Waals surface area contributed by atoms with Crippen LogP contribution in [0.3, 0.4) is 0 Å². The van der Waals surface area contributed by atoms with Gasteiger partial charge in [-0.05, 0) is 32.4 Å². The molecule has 0 amide bonds. The molecule has 1 aromatic heterocycles. The van der Waals surface area contributed by atoms with E-state index in [-0.39, 0.29) is 27.6 Å². The van der Waals surface area contributed by atoms with Gasteiger partial charge in [0.2, 0.25) is 0 Å². The number of aromatic nitrogens is 1. The molecule has 0 aliphatic rings. The zero-order valence-corrected chi connectivity index (χ0v) is 10.9. The Labute approximate surface area is 107 Å². The van der Waals surface area contributed by atoms with Gasteiger partial charge in [0, 0.05) is 0 Å². The van der Waals surface area contributed by atoms with Gasteiger partial charge in [0.05, 0.1) is 21.8 Å². The third-order valence-electron chi connectivity index (χ3n) is 2.72. The first-order valence-electron chi connectivity index (χ1n) is 5.42. The van der Waals surface area contributed by atoms with Crippen molar-refractivity contribution >= 4 is 22.4 Å². The molecular weight excluding hydrogens is 258 g/mol. The minimum absolute atomic E-state index is 0.00952. The van der Waals surface area contributed by atoms with E-state index in [0.29, 0.717) is 5.56 Å². The molecule has 0 spiro atoms. The van der Waals surface area contributed by atoms with Crippen LogP contribution in [-0.4, -0.2) is 9.85 Å². The molecule has 0 atom stereocenters. The van der Waals surface area contributed by atoms with Gasteiger partial charge in [-0.2, -0.15) is 4.74 Å². The minimum Gasteiger partial charge on any atom is -0.506 e. The van der Waals surface area contributed by atoms with E-state index >= 15 is 0 Å². The highest BCUT2D eigenvalue weighted by molar-refractivity contribution is 6.37. The average molecular weight is 270 g/mol. The van der Waals surface area contributed by atoms with Crippen molar-refractivity contribution in [2.45, 2.75) is 26.8 Å². The summed E-state index contributed by atoms with van der Waals surface area (Å²) in [5.41, 5.74) is -0.760. The van der Waals surface area contributed by atoms with Gasteiger partial charge in [-0.15, -0.1) is 0 Å². The number of rotatable bonds is 1. The molecule has 1 heterocycles. The fourth-order valence-corrected chi connectivity index (χ4v) is 2.10.